The lowest BCUT2D eigenvalue weighted by Crippen LogP contribution is -3.05. The van der Waals surface area contributed by atoms with Crippen molar-refractivity contribution in [3.05, 3.63) is 34.6 Å². The summed E-state index contributed by atoms with van der Waals surface area (Å²) < 4.78 is 1.65. The van der Waals surface area contributed by atoms with E-state index in [0.717, 1.165) is 13.0 Å². The van der Waals surface area contributed by atoms with E-state index < -0.39 is 5.91 Å². The predicted octanol–water partition coefficient (Wildman–Crippen LogP) is -0.491. The lowest BCUT2D eigenvalue weighted by atomic mass is 10.2. The molecule has 0 aliphatic heterocycles. The summed E-state index contributed by atoms with van der Waals surface area (Å²) in [6.07, 6.45) is 0.867. The number of quaternary nitrogens is 1. The van der Waals surface area contributed by atoms with Crippen LogP contribution in [0.1, 0.15) is 6.42 Å². The van der Waals surface area contributed by atoms with Crippen LogP contribution in [0, 0.1) is 0 Å². The number of benzene rings is 1. The van der Waals surface area contributed by atoms with Crippen LogP contribution in [0.3, 0.4) is 0 Å². The first-order chi connectivity index (χ1) is 10.5. The van der Waals surface area contributed by atoms with Crippen molar-refractivity contribution in [2.24, 2.45) is 5.73 Å². The first-order valence-electron chi connectivity index (χ1n) is 7.18. The second-order valence-electron chi connectivity index (χ2n) is 5.43. The summed E-state index contributed by atoms with van der Waals surface area (Å²) in [6, 6.07) is 7.26. The topological polar surface area (TPSA) is 82.4 Å². The van der Waals surface area contributed by atoms with E-state index in [9.17, 15) is 9.59 Å². The van der Waals surface area contributed by atoms with Crippen LogP contribution in [0.5, 0.6) is 0 Å². The number of rotatable bonds is 7. The number of fused-ring (bicyclic) bond motifs is 1. The standard InChI is InChI=1S/C15H20N4O2S/c1-18(2)8-5-9-19-14(21)11-6-3-4-7-12(11)17-15(19)22-10-13(16)20/h3-4,6-7H,5,8-10H2,1-2H3,(H2,16,20)/p+1. The van der Waals surface area contributed by atoms with Gasteiger partial charge in [-0.15, -0.1) is 0 Å². The maximum absolute atomic E-state index is 12.7. The van der Waals surface area contributed by atoms with E-state index in [1.54, 1.807) is 16.7 Å². The van der Waals surface area contributed by atoms with Gasteiger partial charge in [0.25, 0.3) is 5.56 Å². The highest BCUT2D eigenvalue weighted by molar-refractivity contribution is 7.99. The molecule has 0 fully saturated rings. The number of primary amides is 1. The molecule has 0 saturated carbocycles. The quantitative estimate of drug-likeness (QED) is 0.532. The minimum absolute atomic E-state index is 0.0636. The second-order valence-corrected chi connectivity index (χ2v) is 6.38. The summed E-state index contributed by atoms with van der Waals surface area (Å²) in [4.78, 5) is 29.5. The van der Waals surface area contributed by atoms with Gasteiger partial charge >= 0.3 is 0 Å². The van der Waals surface area contributed by atoms with Crippen molar-refractivity contribution >= 4 is 28.6 Å². The van der Waals surface area contributed by atoms with Gasteiger partial charge in [0.1, 0.15) is 0 Å². The van der Waals surface area contributed by atoms with Gasteiger partial charge in [-0.05, 0) is 12.1 Å². The monoisotopic (exact) mass is 321 g/mol. The van der Waals surface area contributed by atoms with Crippen molar-refractivity contribution in [1.29, 1.82) is 0 Å². The Kier molecular flexibility index (Phi) is 5.57. The zero-order valence-electron chi connectivity index (χ0n) is 12.8. The SMILES string of the molecule is C[NH+](C)CCCn1c(SCC(N)=O)nc2ccccc2c1=O. The molecule has 118 valence electrons. The number of hydrogen-bond donors (Lipinski definition) is 2. The third-order valence-electron chi connectivity index (χ3n) is 3.23. The van der Waals surface area contributed by atoms with Crippen LogP contribution >= 0.6 is 11.8 Å². The van der Waals surface area contributed by atoms with E-state index in [1.165, 1.54) is 16.7 Å². The fraction of sp³-hybridized carbons (Fsp3) is 0.400. The fourth-order valence-corrected chi connectivity index (χ4v) is 2.95. The van der Waals surface area contributed by atoms with Gasteiger partial charge < -0.3 is 10.6 Å². The molecule has 0 aliphatic carbocycles. The zero-order chi connectivity index (χ0) is 16.1. The number of nitrogens with two attached hydrogens (primary N) is 1. The van der Waals surface area contributed by atoms with Crippen molar-refractivity contribution in [2.45, 2.75) is 18.1 Å². The number of aromatic nitrogens is 2. The number of para-hydroxylation sites is 1. The van der Waals surface area contributed by atoms with Gasteiger partial charge in [-0.3, -0.25) is 14.2 Å². The highest BCUT2D eigenvalue weighted by atomic mass is 32.2. The van der Waals surface area contributed by atoms with E-state index in [0.29, 0.717) is 22.6 Å². The van der Waals surface area contributed by atoms with Gasteiger partial charge in [0.15, 0.2) is 5.16 Å². The number of nitrogens with one attached hydrogen (secondary N) is 1. The Bertz CT molecular complexity index is 727. The fourth-order valence-electron chi connectivity index (χ4n) is 2.18. The van der Waals surface area contributed by atoms with Crippen LogP contribution in [0.2, 0.25) is 0 Å². The number of thioether (sulfide) groups is 1. The van der Waals surface area contributed by atoms with E-state index in [-0.39, 0.29) is 11.3 Å². The molecule has 22 heavy (non-hydrogen) atoms. The first-order valence-corrected chi connectivity index (χ1v) is 8.17. The summed E-state index contributed by atoms with van der Waals surface area (Å²) in [7, 11) is 4.15. The van der Waals surface area contributed by atoms with Crippen molar-refractivity contribution < 1.29 is 9.69 Å². The molecular formula is C15H21N4O2S+. The Morgan fingerprint density at radius 2 is 2.09 bits per heavy atom. The highest BCUT2D eigenvalue weighted by Crippen LogP contribution is 2.17. The van der Waals surface area contributed by atoms with Crippen LogP contribution < -0.4 is 16.2 Å². The molecule has 0 spiro atoms. The molecule has 1 amide bonds. The molecule has 3 N–H and O–H groups in total. The maximum Gasteiger partial charge on any atom is 0.262 e. The van der Waals surface area contributed by atoms with E-state index in [1.807, 2.05) is 12.1 Å². The zero-order valence-corrected chi connectivity index (χ0v) is 13.7. The van der Waals surface area contributed by atoms with Crippen LogP contribution in [0.25, 0.3) is 10.9 Å². The Morgan fingerprint density at radius 3 is 2.77 bits per heavy atom. The molecule has 0 saturated heterocycles. The van der Waals surface area contributed by atoms with Gasteiger partial charge in [-0.1, -0.05) is 23.9 Å². The van der Waals surface area contributed by atoms with Crippen molar-refractivity contribution in [1.82, 2.24) is 9.55 Å². The van der Waals surface area contributed by atoms with Crippen LogP contribution in [-0.2, 0) is 11.3 Å². The molecule has 7 heteroatoms. The lowest BCUT2D eigenvalue weighted by molar-refractivity contribution is -0.858. The molecule has 0 radical (unpaired) electrons. The van der Waals surface area contributed by atoms with E-state index in [2.05, 4.69) is 19.1 Å². The Hall–Kier alpha value is -1.86. The molecular weight excluding hydrogens is 300 g/mol. The molecule has 2 aromatic rings. The smallest absolute Gasteiger partial charge is 0.262 e. The first kappa shape index (κ1) is 16.5. The summed E-state index contributed by atoms with van der Waals surface area (Å²) in [6.45, 7) is 1.54. The Morgan fingerprint density at radius 1 is 1.36 bits per heavy atom. The van der Waals surface area contributed by atoms with Crippen LogP contribution in [0.4, 0.5) is 0 Å². The van der Waals surface area contributed by atoms with Gasteiger partial charge in [-0.2, -0.15) is 0 Å². The van der Waals surface area contributed by atoms with Gasteiger partial charge in [0.05, 0.1) is 37.3 Å². The minimum Gasteiger partial charge on any atom is -0.369 e. The number of amides is 1. The molecule has 6 nitrogen and oxygen atoms in total. The van der Waals surface area contributed by atoms with Crippen molar-refractivity contribution in [2.75, 3.05) is 26.4 Å². The summed E-state index contributed by atoms with van der Waals surface area (Å²) in [5.41, 5.74) is 5.79. The molecule has 1 aromatic heterocycles. The number of carbonyl (C=O) groups is 1. The van der Waals surface area contributed by atoms with Gasteiger partial charge in [0, 0.05) is 13.0 Å². The van der Waals surface area contributed by atoms with E-state index in [4.69, 9.17) is 5.73 Å². The average molecular weight is 321 g/mol. The minimum atomic E-state index is -0.420. The van der Waals surface area contributed by atoms with Crippen LogP contribution in [-0.4, -0.2) is 41.9 Å². The summed E-state index contributed by atoms with van der Waals surface area (Å²) in [5.74, 6) is -0.305. The second kappa shape index (κ2) is 7.42. The molecule has 0 aliphatic rings. The number of nitrogens with zero attached hydrogens (tertiary/aromatic N) is 2. The highest BCUT2D eigenvalue weighted by Gasteiger charge is 2.12. The molecule has 1 heterocycles. The lowest BCUT2D eigenvalue weighted by Gasteiger charge is -2.13. The number of carbonyl (C=O) groups excluding carboxylic acids is 1. The van der Waals surface area contributed by atoms with Gasteiger partial charge in [-0.25, -0.2) is 4.98 Å². The van der Waals surface area contributed by atoms with Crippen molar-refractivity contribution in [3.8, 4) is 0 Å². The summed E-state index contributed by atoms with van der Waals surface area (Å²) >= 11 is 1.21. The normalized spacial score (nSPS) is 11.2. The Labute approximate surface area is 133 Å². The molecule has 0 unspecified atom stereocenters. The largest absolute Gasteiger partial charge is 0.369 e. The van der Waals surface area contributed by atoms with Crippen LogP contribution in [0.15, 0.2) is 34.2 Å². The third-order valence-corrected chi connectivity index (χ3v) is 4.23. The molecule has 0 atom stereocenters. The number of hydrogen-bond acceptors (Lipinski definition) is 4. The summed E-state index contributed by atoms with van der Waals surface area (Å²) in [5, 5.41) is 1.15. The predicted molar refractivity (Wildman–Crippen MR) is 88.2 cm³/mol. The molecule has 0 bridgehead atoms. The Balaban J connectivity index is 2.39. The van der Waals surface area contributed by atoms with E-state index >= 15 is 0 Å². The van der Waals surface area contributed by atoms with Crippen molar-refractivity contribution in [3.63, 3.8) is 0 Å². The maximum atomic E-state index is 12.7. The third kappa shape index (κ3) is 4.08. The molecule has 1 aromatic carbocycles. The van der Waals surface area contributed by atoms with Gasteiger partial charge in [0.2, 0.25) is 5.91 Å². The average Bonchev–Trinajstić information content (AvgIpc) is 2.47. The molecule has 2 rings (SSSR count).